The summed E-state index contributed by atoms with van der Waals surface area (Å²) in [7, 11) is 2.11. The first kappa shape index (κ1) is 33.9. The van der Waals surface area contributed by atoms with Crippen molar-refractivity contribution in [1.29, 1.82) is 0 Å². The van der Waals surface area contributed by atoms with Gasteiger partial charge in [-0.25, -0.2) is 9.78 Å². The molecule has 3 atom stereocenters. The van der Waals surface area contributed by atoms with Gasteiger partial charge in [0.1, 0.15) is 11.4 Å². The summed E-state index contributed by atoms with van der Waals surface area (Å²) in [5.74, 6) is 0.845. The molecule has 2 saturated heterocycles. The minimum Gasteiger partial charge on any atom is -0.444 e. The fourth-order valence-electron chi connectivity index (χ4n) is 6.96. The van der Waals surface area contributed by atoms with Gasteiger partial charge < -0.3 is 19.4 Å². The minimum absolute atomic E-state index is 0.0561. The molecule has 10 heteroatoms. The van der Waals surface area contributed by atoms with Crippen LogP contribution in [0.2, 0.25) is 0 Å². The number of hydrogen-bond acceptors (Lipinski definition) is 7. The number of piperazine rings is 1. The molecule has 0 radical (unpaired) electrons. The predicted molar refractivity (Wildman–Crippen MR) is 176 cm³/mol. The number of rotatable bonds is 8. The van der Waals surface area contributed by atoms with Gasteiger partial charge in [0.05, 0.1) is 16.9 Å². The third kappa shape index (κ3) is 7.28. The van der Waals surface area contributed by atoms with Gasteiger partial charge in [-0.05, 0) is 99.1 Å². The number of aromatic nitrogens is 2. The van der Waals surface area contributed by atoms with E-state index >= 15 is 0 Å². The molecule has 1 aromatic heterocycles. The van der Waals surface area contributed by atoms with Crippen molar-refractivity contribution in [3.05, 3.63) is 34.4 Å². The zero-order chi connectivity index (χ0) is 32.3. The number of anilines is 1. The molecule has 44 heavy (non-hydrogen) atoms. The molecule has 2 aliphatic rings. The summed E-state index contributed by atoms with van der Waals surface area (Å²) in [5.41, 5.74) is 0.800. The van der Waals surface area contributed by atoms with Gasteiger partial charge in [-0.1, -0.05) is 20.3 Å². The van der Waals surface area contributed by atoms with Crippen LogP contribution in [0.5, 0.6) is 0 Å². The van der Waals surface area contributed by atoms with E-state index in [2.05, 4.69) is 37.6 Å². The Morgan fingerprint density at radius 2 is 1.70 bits per heavy atom. The number of hydrogen-bond donors (Lipinski definition) is 0. The second kappa shape index (κ2) is 14.0. The van der Waals surface area contributed by atoms with Gasteiger partial charge in [0.2, 0.25) is 5.91 Å². The Hall–Kier alpha value is -2.98. The van der Waals surface area contributed by atoms with Gasteiger partial charge in [0.25, 0.3) is 5.56 Å². The molecule has 2 fully saturated rings. The van der Waals surface area contributed by atoms with E-state index in [9.17, 15) is 14.4 Å². The first-order valence-electron chi connectivity index (χ1n) is 16.6. The van der Waals surface area contributed by atoms with Gasteiger partial charge in [0, 0.05) is 49.9 Å². The van der Waals surface area contributed by atoms with E-state index in [4.69, 9.17) is 9.72 Å². The van der Waals surface area contributed by atoms with Crippen LogP contribution in [0.15, 0.2) is 23.0 Å². The molecule has 2 aliphatic heterocycles. The first-order chi connectivity index (χ1) is 20.8. The van der Waals surface area contributed by atoms with Crippen molar-refractivity contribution < 1.29 is 14.3 Å². The largest absolute Gasteiger partial charge is 0.444 e. The Morgan fingerprint density at radius 1 is 1.07 bits per heavy atom. The Labute approximate surface area is 263 Å². The summed E-state index contributed by atoms with van der Waals surface area (Å²) in [6.45, 7) is 19.5. The third-order valence-corrected chi connectivity index (χ3v) is 9.04. The standard InChI is InChI=1S/C34H54N6O4/c1-10-13-29(37-21-23(4)39(24(5)22-37)33(43)44-34(6,7)8)31-35-28-15-14-26(20-27(28)32(42)38(31)12-3)40(30(41)11-2)25-16-18-36(9)19-17-25/h14-15,20,23-25,29H,10-13,16-19,21-22H2,1-9H3/t23-,24+,29?. The van der Waals surface area contributed by atoms with Crippen LogP contribution in [0.4, 0.5) is 10.5 Å². The van der Waals surface area contributed by atoms with E-state index < -0.39 is 5.60 Å². The topological polar surface area (TPSA) is 91.2 Å². The summed E-state index contributed by atoms with van der Waals surface area (Å²) in [6.07, 6.45) is 3.72. The van der Waals surface area contributed by atoms with Gasteiger partial charge in [0.15, 0.2) is 0 Å². The molecule has 244 valence electrons. The summed E-state index contributed by atoms with van der Waals surface area (Å²) in [6, 6.07) is 5.69. The van der Waals surface area contributed by atoms with Crippen LogP contribution in [0.25, 0.3) is 10.9 Å². The molecule has 10 nitrogen and oxygen atoms in total. The lowest BCUT2D eigenvalue weighted by Gasteiger charge is -2.47. The number of amides is 2. The summed E-state index contributed by atoms with van der Waals surface area (Å²) in [5, 5.41) is 0.543. The highest BCUT2D eigenvalue weighted by Crippen LogP contribution is 2.32. The lowest BCUT2D eigenvalue weighted by molar-refractivity contribution is -0.119. The Balaban J connectivity index is 1.70. The number of carbonyl (C=O) groups excluding carboxylic acids is 2. The summed E-state index contributed by atoms with van der Waals surface area (Å²) in [4.78, 5) is 54.0. The Kier molecular flexibility index (Phi) is 10.8. The van der Waals surface area contributed by atoms with Crippen LogP contribution in [-0.2, 0) is 16.1 Å². The Morgan fingerprint density at radius 3 is 2.25 bits per heavy atom. The van der Waals surface area contributed by atoms with Crippen LogP contribution in [0.1, 0.15) is 99.4 Å². The monoisotopic (exact) mass is 610 g/mol. The molecule has 0 bridgehead atoms. The van der Waals surface area contributed by atoms with Gasteiger partial charge >= 0.3 is 6.09 Å². The third-order valence-electron chi connectivity index (χ3n) is 9.04. The second-order valence-electron chi connectivity index (χ2n) is 13.7. The van der Waals surface area contributed by atoms with Crippen molar-refractivity contribution in [2.75, 3.05) is 38.1 Å². The van der Waals surface area contributed by atoms with E-state index in [0.717, 1.165) is 50.3 Å². The van der Waals surface area contributed by atoms with Crippen LogP contribution >= 0.6 is 0 Å². The Bertz CT molecular complexity index is 1360. The highest BCUT2D eigenvalue weighted by molar-refractivity contribution is 5.96. The maximum atomic E-state index is 14.1. The molecular formula is C34H54N6O4. The van der Waals surface area contributed by atoms with Crippen LogP contribution < -0.4 is 10.5 Å². The van der Waals surface area contributed by atoms with Crippen molar-refractivity contribution in [2.45, 2.75) is 124 Å². The van der Waals surface area contributed by atoms with Crippen molar-refractivity contribution in [3.8, 4) is 0 Å². The number of carbonyl (C=O) groups is 2. The fraction of sp³-hybridized carbons (Fsp3) is 0.706. The van der Waals surface area contributed by atoms with Crippen molar-refractivity contribution in [1.82, 2.24) is 24.3 Å². The van der Waals surface area contributed by atoms with Crippen molar-refractivity contribution in [3.63, 3.8) is 0 Å². The normalized spacial score (nSPS) is 21.4. The number of likely N-dealkylation sites (tertiary alicyclic amines) is 1. The molecule has 1 aromatic carbocycles. The summed E-state index contributed by atoms with van der Waals surface area (Å²) >= 11 is 0. The predicted octanol–water partition coefficient (Wildman–Crippen LogP) is 5.42. The molecule has 4 rings (SSSR count). The highest BCUT2D eigenvalue weighted by Gasteiger charge is 2.39. The zero-order valence-electron chi connectivity index (χ0n) is 28.4. The van der Waals surface area contributed by atoms with E-state index in [1.165, 1.54) is 0 Å². The smallest absolute Gasteiger partial charge is 0.410 e. The molecular weight excluding hydrogens is 556 g/mol. The van der Waals surface area contributed by atoms with E-state index in [1.54, 1.807) is 0 Å². The van der Waals surface area contributed by atoms with E-state index in [-0.39, 0.29) is 41.7 Å². The first-order valence-corrected chi connectivity index (χ1v) is 16.6. The number of benzene rings is 1. The minimum atomic E-state index is -0.557. The zero-order valence-corrected chi connectivity index (χ0v) is 28.4. The molecule has 2 aromatic rings. The van der Waals surface area contributed by atoms with Crippen molar-refractivity contribution >= 4 is 28.6 Å². The lowest BCUT2D eigenvalue weighted by Crippen LogP contribution is -2.60. The van der Waals surface area contributed by atoms with Crippen molar-refractivity contribution in [2.24, 2.45) is 0 Å². The molecule has 3 heterocycles. The van der Waals surface area contributed by atoms with Crippen LogP contribution in [-0.4, -0.2) is 93.2 Å². The second-order valence-corrected chi connectivity index (χ2v) is 13.7. The number of fused-ring (bicyclic) bond motifs is 1. The quantitative estimate of drug-likeness (QED) is 0.394. The molecule has 0 aliphatic carbocycles. The molecule has 2 amide bonds. The SMILES string of the molecule is CCCC(c1nc2ccc(N(C(=O)CC)C3CCN(C)CC3)cc2c(=O)n1CC)N1C[C@@H](C)N(C(=O)OC(C)(C)C)[C@@H](C)C1. The van der Waals surface area contributed by atoms with E-state index in [0.29, 0.717) is 37.0 Å². The molecule has 0 saturated carbocycles. The lowest BCUT2D eigenvalue weighted by atomic mass is 10.0. The van der Waals surface area contributed by atoms with Gasteiger partial charge in [-0.3, -0.25) is 19.1 Å². The maximum Gasteiger partial charge on any atom is 0.410 e. The molecule has 0 N–H and O–H groups in total. The molecule has 1 unspecified atom stereocenters. The molecule has 0 spiro atoms. The average Bonchev–Trinajstić information content (AvgIpc) is 2.95. The van der Waals surface area contributed by atoms with E-state index in [1.807, 2.05) is 67.2 Å². The van der Waals surface area contributed by atoms with Gasteiger partial charge in [-0.2, -0.15) is 0 Å². The number of piperidine rings is 1. The maximum absolute atomic E-state index is 14.1. The van der Waals surface area contributed by atoms with Crippen LogP contribution in [0, 0.1) is 0 Å². The van der Waals surface area contributed by atoms with Gasteiger partial charge in [-0.15, -0.1) is 0 Å². The summed E-state index contributed by atoms with van der Waals surface area (Å²) < 4.78 is 7.53. The van der Waals surface area contributed by atoms with Crippen LogP contribution in [0.3, 0.4) is 0 Å². The average molecular weight is 611 g/mol. The number of nitrogens with zero attached hydrogens (tertiary/aromatic N) is 6. The highest BCUT2D eigenvalue weighted by atomic mass is 16.6. The fourth-order valence-corrected chi connectivity index (χ4v) is 6.96. The number of ether oxygens (including phenoxy) is 1.